The lowest BCUT2D eigenvalue weighted by atomic mass is 9.91. The molecule has 4 rings (SSSR count). The van der Waals surface area contributed by atoms with Crippen LogP contribution in [-0.2, 0) is 10.0 Å². The van der Waals surface area contributed by atoms with E-state index in [0.29, 0.717) is 23.6 Å². The van der Waals surface area contributed by atoms with E-state index in [-0.39, 0.29) is 21.6 Å². The summed E-state index contributed by atoms with van der Waals surface area (Å²) in [5.41, 5.74) is 1.46. The molecule has 0 spiro atoms. The average molecular weight is 544 g/mol. The fraction of sp³-hybridized carbons (Fsp3) is 0.360. The number of halogens is 1. The summed E-state index contributed by atoms with van der Waals surface area (Å²) < 4.78 is 33.1. The van der Waals surface area contributed by atoms with Gasteiger partial charge in [0, 0.05) is 48.0 Å². The first-order valence-corrected chi connectivity index (χ1v) is 13.7. The molecule has 0 aromatic carbocycles. The largest absolute Gasteiger partial charge is 0.481 e. The van der Waals surface area contributed by atoms with Gasteiger partial charge in [0.1, 0.15) is 10.7 Å². The highest BCUT2D eigenvalue weighted by atomic mass is 35.5. The maximum atomic E-state index is 12.7. The number of rotatable bonds is 9. The van der Waals surface area contributed by atoms with Crippen LogP contribution in [0.5, 0.6) is 5.88 Å². The molecule has 1 saturated carbocycles. The molecule has 2 N–H and O–H groups in total. The van der Waals surface area contributed by atoms with Crippen molar-refractivity contribution in [2.75, 3.05) is 31.2 Å². The molecule has 3 aromatic rings. The number of pyridine rings is 2. The zero-order chi connectivity index (χ0) is 26.4. The third-order valence-electron chi connectivity index (χ3n) is 6.23. The van der Waals surface area contributed by atoms with Gasteiger partial charge in [0.25, 0.3) is 10.0 Å². The second kappa shape index (κ2) is 11.8. The van der Waals surface area contributed by atoms with Gasteiger partial charge in [-0.2, -0.15) is 4.98 Å². The predicted octanol–water partition coefficient (Wildman–Crippen LogP) is 4.18. The third kappa shape index (κ3) is 6.94. The minimum absolute atomic E-state index is 0.0640. The van der Waals surface area contributed by atoms with E-state index in [4.69, 9.17) is 16.3 Å². The predicted molar refractivity (Wildman–Crippen MR) is 145 cm³/mol. The minimum Gasteiger partial charge on any atom is -0.481 e. The number of nitrogens with zero attached hydrogens (tertiary/aromatic N) is 5. The molecular weight excluding hydrogens is 514 g/mol. The lowest BCUT2D eigenvalue weighted by Crippen LogP contribution is -2.36. The van der Waals surface area contributed by atoms with Gasteiger partial charge in [-0.15, -0.1) is 0 Å². The fourth-order valence-corrected chi connectivity index (χ4v) is 5.59. The third-order valence-corrected chi connectivity index (χ3v) is 8.06. The summed E-state index contributed by atoms with van der Waals surface area (Å²) in [6.45, 7) is 0. The summed E-state index contributed by atoms with van der Waals surface area (Å²) >= 11 is 6.00. The SMILES string of the molecule is COc1nc(NS(=O)(=O)c2cnccc2Cl)ccc1/C=C/c1cnc(N[C@H]2CC[C@H](N(C)C)CC2)nc1. The highest BCUT2D eigenvalue weighted by Gasteiger charge is 2.23. The topological polar surface area (TPSA) is 122 Å². The molecule has 0 radical (unpaired) electrons. The van der Waals surface area contributed by atoms with Crippen molar-refractivity contribution in [1.82, 2.24) is 24.8 Å². The van der Waals surface area contributed by atoms with Gasteiger partial charge in [-0.3, -0.25) is 9.71 Å². The van der Waals surface area contributed by atoms with E-state index in [9.17, 15) is 8.42 Å². The van der Waals surface area contributed by atoms with Gasteiger partial charge in [-0.05, 0) is 64.1 Å². The molecular formula is C25H30ClN7O3S. The van der Waals surface area contributed by atoms with Crippen LogP contribution in [0.1, 0.15) is 36.8 Å². The van der Waals surface area contributed by atoms with E-state index in [1.54, 1.807) is 30.6 Å². The number of anilines is 2. The number of methoxy groups -OCH3 is 1. The van der Waals surface area contributed by atoms with Crippen molar-refractivity contribution in [2.45, 2.75) is 42.7 Å². The molecule has 0 unspecified atom stereocenters. The van der Waals surface area contributed by atoms with Gasteiger partial charge in [-0.25, -0.2) is 18.4 Å². The molecule has 196 valence electrons. The van der Waals surface area contributed by atoms with E-state index in [1.165, 1.54) is 38.4 Å². The molecule has 12 heteroatoms. The molecule has 1 aliphatic rings. The highest BCUT2D eigenvalue weighted by Crippen LogP contribution is 2.26. The van der Waals surface area contributed by atoms with Crippen LogP contribution in [0.25, 0.3) is 12.2 Å². The Kier molecular flexibility index (Phi) is 8.57. The number of nitrogens with one attached hydrogen (secondary N) is 2. The van der Waals surface area contributed by atoms with Crippen molar-refractivity contribution < 1.29 is 13.2 Å². The Hall–Kier alpha value is -3.28. The lowest BCUT2D eigenvalue weighted by Gasteiger charge is -2.32. The van der Waals surface area contributed by atoms with E-state index in [0.717, 1.165) is 18.4 Å². The summed E-state index contributed by atoms with van der Waals surface area (Å²) in [5, 5.41) is 3.50. The maximum absolute atomic E-state index is 12.7. The second-order valence-corrected chi connectivity index (χ2v) is 11.1. The zero-order valence-electron chi connectivity index (χ0n) is 20.9. The van der Waals surface area contributed by atoms with Gasteiger partial charge in [0.2, 0.25) is 11.8 Å². The number of sulfonamides is 1. The molecule has 0 aliphatic heterocycles. The minimum atomic E-state index is -3.96. The Morgan fingerprint density at radius 3 is 2.43 bits per heavy atom. The zero-order valence-corrected chi connectivity index (χ0v) is 22.5. The van der Waals surface area contributed by atoms with Gasteiger partial charge in [0.05, 0.1) is 12.1 Å². The second-order valence-electron chi connectivity index (χ2n) is 8.99. The smallest absolute Gasteiger partial charge is 0.266 e. The summed E-state index contributed by atoms with van der Waals surface area (Å²) in [5.74, 6) is 0.962. The standard InChI is InChI=1S/C25H30ClN7O3S/c1-33(2)20-9-7-19(8-10-20)30-25-28-14-17(15-29-25)4-5-18-6-11-23(31-24(18)36-3)32-37(34,35)22-16-27-13-12-21(22)26/h4-6,11-16,19-20H,7-10H2,1-3H3,(H,31,32)(H,28,29,30)/b5-4+/t19-,20-. The Balaban J connectivity index is 1.39. The Morgan fingerprint density at radius 2 is 1.78 bits per heavy atom. The van der Waals surface area contributed by atoms with Crippen LogP contribution in [0.15, 0.2) is 47.9 Å². The van der Waals surface area contributed by atoms with Crippen LogP contribution >= 0.6 is 11.6 Å². The number of aromatic nitrogens is 4. The van der Waals surface area contributed by atoms with Gasteiger partial charge in [-0.1, -0.05) is 17.7 Å². The molecule has 1 aliphatic carbocycles. The molecule has 3 aromatic heterocycles. The summed E-state index contributed by atoms with van der Waals surface area (Å²) in [4.78, 5) is 19.1. The molecule has 37 heavy (non-hydrogen) atoms. The summed E-state index contributed by atoms with van der Waals surface area (Å²) in [7, 11) is 1.77. The Bertz CT molecular complexity index is 1340. The molecule has 1 fully saturated rings. The molecule has 0 amide bonds. The van der Waals surface area contributed by atoms with Crippen LogP contribution in [0.4, 0.5) is 11.8 Å². The maximum Gasteiger partial charge on any atom is 0.266 e. The van der Waals surface area contributed by atoms with Crippen molar-refractivity contribution in [2.24, 2.45) is 0 Å². The molecule has 3 heterocycles. The summed E-state index contributed by atoms with van der Waals surface area (Å²) in [6.07, 6.45) is 14.3. The van der Waals surface area contributed by atoms with E-state index >= 15 is 0 Å². The van der Waals surface area contributed by atoms with E-state index in [1.807, 2.05) is 6.08 Å². The number of ether oxygens (including phenoxy) is 1. The van der Waals surface area contributed by atoms with Crippen molar-refractivity contribution in [3.8, 4) is 5.88 Å². The molecule has 0 atom stereocenters. The van der Waals surface area contributed by atoms with E-state index in [2.05, 4.69) is 49.0 Å². The monoisotopic (exact) mass is 543 g/mol. The average Bonchev–Trinajstić information content (AvgIpc) is 2.89. The van der Waals surface area contributed by atoms with Crippen LogP contribution in [0.2, 0.25) is 5.02 Å². The summed E-state index contributed by atoms with van der Waals surface area (Å²) in [6, 6.07) is 5.68. The van der Waals surface area contributed by atoms with Gasteiger partial charge >= 0.3 is 0 Å². The van der Waals surface area contributed by atoms with Crippen LogP contribution in [0, 0.1) is 0 Å². The fourth-order valence-electron chi connectivity index (χ4n) is 4.16. The first-order chi connectivity index (χ1) is 17.7. The molecule has 0 bridgehead atoms. The van der Waals surface area contributed by atoms with Crippen molar-refractivity contribution in [3.63, 3.8) is 0 Å². The molecule has 10 nitrogen and oxygen atoms in total. The quantitative estimate of drug-likeness (QED) is 0.409. The van der Waals surface area contributed by atoms with Gasteiger partial charge in [0.15, 0.2) is 0 Å². The highest BCUT2D eigenvalue weighted by molar-refractivity contribution is 7.92. The first kappa shape index (κ1) is 26.8. The van der Waals surface area contributed by atoms with Crippen LogP contribution < -0.4 is 14.8 Å². The Morgan fingerprint density at radius 1 is 1.05 bits per heavy atom. The number of hydrogen-bond donors (Lipinski definition) is 2. The lowest BCUT2D eigenvalue weighted by molar-refractivity contribution is 0.221. The normalized spacial score (nSPS) is 18.2. The van der Waals surface area contributed by atoms with Crippen molar-refractivity contribution in [1.29, 1.82) is 0 Å². The van der Waals surface area contributed by atoms with Gasteiger partial charge < -0.3 is 15.0 Å². The number of hydrogen-bond acceptors (Lipinski definition) is 9. The first-order valence-electron chi connectivity index (χ1n) is 11.9. The van der Waals surface area contributed by atoms with Crippen LogP contribution in [0.3, 0.4) is 0 Å². The van der Waals surface area contributed by atoms with Crippen molar-refractivity contribution >= 4 is 45.5 Å². The van der Waals surface area contributed by atoms with Crippen LogP contribution in [-0.4, -0.2) is 66.5 Å². The van der Waals surface area contributed by atoms with E-state index < -0.39 is 10.0 Å². The molecule has 0 saturated heterocycles. The Labute approximate surface area is 222 Å². The van der Waals surface area contributed by atoms with Crippen molar-refractivity contribution in [3.05, 3.63) is 59.1 Å².